The molecule has 1 aromatic carbocycles. The van der Waals surface area contributed by atoms with Crippen molar-refractivity contribution in [3.63, 3.8) is 0 Å². The number of carboxylic acid groups (broad SMARTS) is 1. The second-order valence-corrected chi connectivity index (χ2v) is 5.77. The average molecular weight is 317 g/mol. The van der Waals surface area contributed by atoms with Gasteiger partial charge in [0, 0.05) is 10.5 Å². The van der Waals surface area contributed by atoms with Crippen LogP contribution >= 0.6 is 27.7 Å². The number of carboxylic acids is 1. The predicted octanol–water partition coefficient (Wildman–Crippen LogP) is 3.00. The Bertz CT molecular complexity index is 443. The van der Waals surface area contributed by atoms with E-state index in [9.17, 15) is 9.59 Å². The summed E-state index contributed by atoms with van der Waals surface area (Å²) in [5.41, 5.74) is 1.09. The molecule has 0 aromatic heterocycles. The Hall–Kier alpha value is -0.810. The Morgan fingerprint density at radius 1 is 1.47 bits per heavy atom. The molecule has 0 radical (unpaired) electrons. The Kier molecular flexibility index (Phi) is 5.21. The van der Waals surface area contributed by atoms with Crippen molar-refractivity contribution < 1.29 is 14.7 Å². The van der Waals surface area contributed by atoms with Gasteiger partial charge < -0.3 is 5.11 Å². The van der Waals surface area contributed by atoms with E-state index in [1.165, 1.54) is 11.8 Å². The van der Waals surface area contributed by atoms with Crippen molar-refractivity contribution in [1.29, 1.82) is 0 Å². The first-order valence-corrected chi connectivity index (χ1v) is 7.17. The molecule has 0 aliphatic rings. The maximum atomic E-state index is 12.1. The summed E-state index contributed by atoms with van der Waals surface area (Å²) >= 11 is 4.68. The fraction of sp³-hybridized carbons (Fsp3) is 0.333. The summed E-state index contributed by atoms with van der Waals surface area (Å²) < 4.78 is 0. The van der Waals surface area contributed by atoms with Gasteiger partial charge in [-0.1, -0.05) is 28.1 Å². The predicted molar refractivity (Wildman–Crippen MR) is 72.3 cm³/mol. The molecule has 5 heteroatoms. The number of alkyl halides is 1. The van der Waals surface area contributed by atoms with Gasteiger partial charge in [0.25, 0.3) is 0 Å². The molecule has 1 aromatic rings. The topological polar surface area (TPSA) is 54.4 Å². The highest BCUT2D eigenvalue weighted by molar-refractivity contribution is 9.10. The second kappa shape index (κ2) is 6.21. The highest BCUT2D eigenvalue weighted by Gasteiger charge is 2.20. The fourth-order valence-corrected chi connectivity index (χ4v) is 2.41. The summed E-state index contributed by atoms with van der Waals surface area (Å²) in [6.07, 6.45) is 1.74. The number of thioether (sulfide) groups is 1. The first-order valence-electron chi connectivity index (χ1n) is 5.03. The SMILES string of the molecule is CSc1cccc(CC(=O)O)c1C(=O)C(C)Br. The number of hydrogen-bond acceptors (Lipinski definition) is 3. The monoisotopic (exact) mass is 316 g/mol. The van der Waals surface area contributed by atoms with Crippen LogP contribution in [-0.4, -0.2) is 27.9 Å². The van der Waals surface area contributed by atoms with Crippen LogP contribution in [0.5, 0.6) is 0 Å². The molecule has 92 valence electrons. The summed E-state index contributed by atoms with van der Waals surface area (Å²) in [5, 5.41) is 8.85. The molecule has 1 unspecified atom stereocenters. The maximum absolute atomic E-state index is 12.1. The van der Waals surface area contributed by atoms with E-state index in [-0.39, 0.29) is 17.0 Å². The lowest BCUT2D eigenvalue weighted by molar-refractivity contribution is -0.136. The minimum absolute atomic E-state index is 0.0776. The number of carbonyl (C=O) groups is 2. The van der Waals surface area contributed by atoms with E-state index in [2.05, 4.69) is 15.9 Å². The lowest BCUT2D eigenvalue weighted by Gasteiger charge is -2.12. The van der Waals surface area contributed by atoms with Crippen LogP contribution in [0.3, 0.4) is 0 Å². The van der Waals surface area contributed by atoms with Gasteiger partial charge in [-0.15, -0.1) is 11.8 Å². The number of halogens is 1. The standard InChI is InChI=1S/C12H13BrO3S/c1-7(13)12(16)11-8(6-10(14)15)4-3-5-9(11)17-2/h3-5,7H,6H2,1-2H3,(H,14,15). The molecule has 0 heterocycles. The van der Waals surface area contributed by atoms with Crippen molar-refractivity contribution in [2.75, 3.05) is 6.26 Å². The number of hydrogen-bond donors (Lipinski definition) is 1. The maximum Gasteiger partial charge on any atom is 0.307 e. The first-order chi connectivity index (χ1) is 7.97. The van der Waals surface area contributed by atoms with Crippen molar-refractivity contribution in [2.24, 2.45) is 0 Å². The van der Waals surface area contributed by atoms with E-state index in [4.69, 9.17) is 5.11 Å². The third-order valence-corrected chi connectivity index (χ3v) is 3.48. The summed E-state index contributed by atoms with van der Waals surface area (Å²) in [7, 11) is 0. The van der Waals surface area contributed by atoms with E-state index in [1.807, 2.05) is 12.3 Å². The molecule has 0 bridgehead atoms. The van der Waals surface area contributed by atoms with Crippen LogP contribution in [0.1, 0.15) is 22.8 Å². The van der Waals surface area contributed by atoms with E-state index in [0.717, 1.165) is 4.90 Å². The van der Waals surface area contributed by atoms with Crippen molar-refractivity contribution in [2.45, 2.75) is 23.1 Å². The van der Waals surface area contributed by atoms with Crippen molar-refractivity contribution in [3.8, 4) is 0 Å². The molecule has 0 aliphatic heterocycles. The molecule has 0 amide bonds. The summed E-state index contributed by atoms with van der Waals surface area (Å²) in [5.74, 6) is -1.01. The zero-order valence-corrected chi connectivity index (χ0v) is 12.0. The van der Waals surface area contributed by atoms with Gasteiger partial charge in [-0.2, -0.15) is 0 Å². The molecule has 1 rings (SSSR count). The van der Waals surface area contributed by atoms with Crippen LogP contribution < -0.4 is 0 Å². The van der Waals surface area contributed by atoms with E-state index in [1.54, 1.807) is 19.1 Å². The van der Waals surface area contributed by atoms with Crippen LogP contribution in [0, 0.1) is 0 Å². The molecular weight excluding hydrogens is 304 g/mol. The van der Waals surface area contributed by atoms with Gasteiger partial charge >= 0.3 is 5.97 Å². The van der Waals surface area contributed by atoms with Gasteiger partial charge in [-0.25, -0.2) is 0 Å². The quantitative estimate of drug-likeness (QED) is 0.515. The summed E-state index contributed by atoms with van der Waals surface area (Å²) in [6, 6.07) is 5.30. The van der Waals surface area contributed by atoms with Crippen molar-refractivity contribution in [1.82, 2.24) is 0 Å². The third-order valence-electron chi connectivity index (χ3n) is 2.28. The minimum atomic E-state index is -0.931. The third kappa shape index (κ3) is 3.57. The highest BCUT2D eigenvalue weighted by atomic mass is 79.9. The zero-order chi connectivity index (χ0) is 13.0. The highest BCUT2D eigenvalue weighted by Crippen LogP contribution is 2.26. The lowest BCUT2D eigenvalue weighted by atomic mass is 9.99. The Labute approximate surface area is 113 Å². The van der Waals surface area contributed by atoms with Crippen molar-refractivity contribution in [3.05, 3.63) is 29.3 Å². The largest absolute Gasteiger partial charge is 0.481 e. The number of carbonyl (C=O) groups excluding carboxylic acids is 1. The Morgan fingerprint density at radius 2 is 2.12 bits per heavy atom. The Balaban J connectivity index is 3.29. The summed E-state index contributed by atoms with van der Waals surface area (Å²) in [4.78, 5) is 23.4. The van der Waals surface area contributed by atoms with Gasteiger partial charge in [0.1, 0.15) is 0 Å². The van der Waals surface area contributed by atoms with Gasteiger partial charge in [0.15, 0.2) is 5.78 Å². The molecule has 3 nitrogen and oxygen atoms in total. The van der Waals surface area contributed by atoms with E-state index in [0.29, 0.717) is 11.1 Å². The van der Waals surface area contributed by atoms with Crippen LogP contribution in [0.4, 0.5) is 0 Å². The molecule has 0 fully saturated rings. The van der Waals surface area contributed by atoms with Crippen LogP contribution in [0.25, 0.3) is 0 Å². The van der Waals surface area contributed by atoms with E-state index >= 15 is 0 Å². The molecule has 17 heavy (non-hydrogen) atoms. The lowest BCUT2D eigenvalue weighted by Crippen LogP contribution is -2.15. The van der Waals surface area contributed by atoms with E-state index < -0.39 is 5.97 Å². The average Bonchev–Trinajstić information content (AvgIpc) is 2.26. The van der Waals surface area contributed by atoms with Gasteiger partial charge in [0.2, 0.25) is 0 Å². The van der Waals surface area contributed by atoms with Gasteiger partial charge in [0.05, 0.1) is 11.2 Å². The molecular formula is C12H13BrO3S. The molecule has 0 spiro atoms. The smallest absolute Gasteiger partial charge is 0.307 e. The number of Topliss-reactive ketones (excluding diaryl/α,β-unsaturated/α-hetero) is 1. The molecule has 0 aliphatic carbocycles. The van der Waals surface area contributed by atoms with Crippen LogP contribution in [-0.2, 0) is 11.2 Å². The fourth-order valence-electron chi connectivity index (χ4n) is 1.54. The molecule has 1 N–H and O–H groups in total. The second-order valence-electron chi connectivity index (χ2n) is 3.55. The molecule has 0 saturated carbocycles. The first kappa shape index (κ1) is 14.3. The molecule has 0 saturated heterocycles. The molecule has 1 atom stereocenters. The number of ketones is 1. The van der Waals surface area contributed by atoms with Crippen molar-refractivity contribution >= 4 is 39.4 Å². The number of aliphatic carboxylic acids is 1. The van der Waals surface area contributed by atoms with Gasteiger partial charge in [-0.05, 0) is 24.8 Å². The van der Waals surface area contributed by atoms with Crippen LogP contribution in [0.2, 0.25) is 0 Å². The van der Waals surface area contributed by atoms with Gasteiger partial charge in [-0.3, -0.25) is 9.59 Å². The summed E-state index contributed by atoms with van der Waals surface area (Å²) in [6.45, 7) is 1.74. The number of rotatable bonds is 5. The minimum Gasteiger partial charge on any atom is -0.481 e. The normalized spacial score (nSPS) is 12.2. The van der Waals surface area contributed by atoms with Crippen LogP contribution in [0.15, 0.2) is 23.1 Å². The number of benzene rings is 1. The zero-order valence-electron chi connectivity index (χ0n) is 9.57. The Morgan fingerprint density at radius 3 is 2.59 bits per heavy atom.